The van der Waals surface area contributed by atoms with Crippen LogP contribution < -0.4 is 10.6 Å². The summed E-state index contributed by atoms with van der Waals surface area (Å²) < 4.78 is 5.12. The molecule has 0 aromatic rings. The number of nitrogens with zero attached hydrogens (tertiary/aromatic N) is 3. The van der Waals surface area contributed by atoms with Gasteiger partial charge in [0.25, 0.3) is 5.91 Å². The van der Waals surface area contributed by atoms with Crippen LogP contribution >= 0.6 is 0 Å². The number of carbonyl (C=O) groups is 3. The summed E-state index contributed by atoms with van der Waals surface area (Å²) >= 11 is 0. The molecule has 0 unspecified atom stereocenters. The average Bonchev–Trinajstić information content (AvgIpc) is 2.98. The van der Waals surface area contributed by atoms with E-state index in [9.17, 15) is 19.5 Å². The SMILES string of the molecule is O=CC1=NC=C2OCC(=O)N=C2N1OC(=O)NC[C@H]1CNC[C@H]1O. The molecule has 11 nitrogen and oxygen atoms in total. The van der Waals surface area contributed by atoms with Gasteiger partial charge in [0.1, 0.15) is 0 Å². The monoisotopic (exact) mass is 337 g/mol. The summed E-state index contributed by atoms with van der Waals surface area (Å²) in [6, 6.07) is 0. The van der Waals surface area contributed by atoms with Crippen LogP contribution in [0.15, 0.2) is 21.9 Å². The molecule has 3 N–H and O–H groups in total. The molecular weight excluding hydrogens is 322 g/mol. The molecule has 0 aromatic carbocycles. The van der Waals surface area contributed by atoms with Crippen molar-refractivity contribution in [2.24, 2.45) is 15.9 Å². The number of rotatable bonds is 4. The highest BCUT2D eigenvalue weighted by Gasteiger charge is 2.33. The molecule has 11 heteroatoms. The van der Waals surface area contributed by atoms with Gasteiger partial charge >= 0.3 is 6.09 Å². The van der Waals surface area contributed by atoms with Gasteiger partial charge in [0.2, 0.25) is 11.7 Å². The van der Waals surface area contributed by atoms with Crippen LogP contribution in [0.4, 0.5) is 4.79 Å². The number of aliphatic imine (C=N–C) groups is 2. The summed E-state index contributed by atoms with van der Waals surface area (Å²) in [6.07, 6.45) is 0.126. The van der Waals surface area contributed by atoms with Crippen LogP contribution in [0.3, 0.4) is 0 Å². The largest absolute Gasteiger partial charge is 0.478 e. The lowest BCUT2D eigenvalue weighted by Crippen LogP contribution is -2.47. The maximum atomic E-state index is 11.9. The second-order valence-electron chi connectivity index (χ2n) is 5.26. The van der Waals surface area contributed by atoms with E-state index < -0.39 is 18.1 Å². The zero-order valence-corrected chi connectivity index (χ0v) is 12.5. The first-order valence-electron chi connectivity index (χ1n) is 7.21. The third kappa shape index (κ3) is 3.26. The number of ether oxygens (including phenoxy) is 1. The highest BCUT2D eigenvalue weighted by molar-refractivity contribution is 6.33. The lowest BCUT2D eigenvalue weighted by atomic mass is 10.1. The van der Waals surface area contributed by atoms with Crippen molar-refractivity contribution in [2.75, 3.05) is 26.2 Å². The van der Waals surface area contributed by atoms with Crippen molar-refractivity contribution in [3.8, 4) is 0 Å². The smallest absolute Gasteiger partial charge is 0.432 e. The fourth-order valence-corrected chi connectivity index (χ4v) is 2.36. The molecule has 2 amide bonds. The number of carbonyl (C=O) groups excluding carboxylic acids is 3. The maximum absolute atomic E-state index is 11.9. The lowest BCUT2D eigenvalue weighted by Gasteiger charge is -2.28. The first-order chi connectivity index (χ1) is 11.6. The highest BCUT2D eigenvalue weighted by atomic mass is 16.7. The normalized spacial score (nSPS) is 25.8. The van der Waals surface area contributed by atoms with E-state index in [0.29, 0.717) is 19.4 Å². The van der Waals surface area contributed by atoms with Gasteiger partial charge in [0.15, 0.2) is 18.7 Å². The van der Waals surface area contributed by atoms with Crippen LogP contribution in [-0.4, -0.2) is 72.5 Å². The van der Waals surface area contributed by atoms with Gasteiger partial charge in [0, 0.05) is 25.6 Å². The Bertz CT molecular complexity index is 657. The van der Waals surface area contributed by atoms with Gasteiger partial charge in [-0.25, -0.2) is 9.79 Å². The molecule has 0 spiro atoms. The second kappa shape index (κ2) is 6.76. The summed E-state index contributed by atoms with van der Waals surface area (Å²) in [6.45, 7) is 0.945. The molecular formula is C13H15N5O6. The van der Waals surface area contributed by atoms with Gasteiger partial charge in [-0.15, -0.1) is 5.06 Å². The molecule has 128 valence electrons. The van der Waals surface area contributed by atoms with Gasteiger partial charge in [0.05, 0.1) is 12.3 Å². The number of aliphatic hydroxyl groups excluding tert-OH is 1. The molecule has 3 aliphatic heterocycles. The predicted molar refractivity (Wildman–Crippen MR) is 78.7 cm³/mol. The van der Waals surface area contributed by atoms with Crippen molar-refractivity contribution in [3.05, 3.63) is 12.0 Å². The van der Waals surface area contributed by atoms with Gasteiger partial charge in [-0.05, 0) is 0 Å². The topological polar surface area (TPSA) is 142 Å². The van der Waals surface area contributed by atoms with Gasteiger partial charge < -0.3 is 25.3 Å². The van der Waals surface area contributed by atoms with Crippen molar-refractivity contribution < 1.29 is 29.1 Å². The minimum atomic E-state index is -0.884. The molecule has 1 saturated heterocycles. The standard InChI is InChI=1S/C13H15N5O6/c19-5-10-15-4-9-12(17-11(21)6-23-9)18(10)24-13(22)16-2-7-1-14-3-8(7)20/h4-5,7-8,14,20H,1-3,6H2,(H,16,22)/t7-,8-/m1/s1. The molecule has 1 fully saturated rings. The first kappa shape index (κ1) is 16.1. The Labute approximate surface area is 136 Å². The Hall–Kier alpha value is -2.79. The van der Waals surface area contributed by atoms with Crippen LogP contribution in [0.1, 0.15) is 0 Å². The third-order valence-corrected chi connectivity index (χ3v) is 3.61. The van der Waals surface area contributed by atoms with E-state index in [1.54, 1.807) is 0 Å². The number of hydrogen-bond donors (Lipinski definition) is 3. The number of β-amino-alcohol motifs (C(OH)–C–C–N with tert-alkyl or cyclic N) is 1. The molecule has 0 radical (unpaired) electrons. The Kier molecular flexibility index (Phi) is 4.53. The van der Waals surface area contributed by atoms with E-state index in [0.717, 1.165) is 5.06 Å². The average molecular weight is 337 g/mol. The molecule has 0 aromatic heterocycles. The van der Waals surface area contributed by atoms with Gasteiger partial charge in [-0.2, -0.15) is 4.99 Å². The zero-order chi connectivity index (χ0) is 17.1. The van der Waals surface area contributed by atoms with E-state index in [4.69, 9.17) is 9.57 Å². The van der Waals surface area contributed by atoms with Crippen LogP contribution in [0.2, 0.25) is 0 Å². The highest BCUT2D eigenvalue weighted by Crippen LogP contribution is 2.17. The molecule has 0 aliphatic carbocycles. The Balaban J connectivity index is 1.66. The van der Waals surface area contributed by atoms with Crippen molar-refractivity contribution in [1.29, 1.82) is 0 Å². The van der Waals surface area contributed by atoms with Crippen molar-refractivity contribution in [1.82, 2.24) is 15.7 Å². The van der Waals surface area contributed by atoms with Crippen molar-refractivity contribution in [2.45, 2.75) is 6.10 Å². The minimum absolute atomic E-state index is 0.114. The number of amidine groups is 2. The summed E-state index contributed by atoms with van der Waals surface area (Å²) in [7, 11) is 0. The minimum Gasteiger partial charge on any atom is -0.478 e. The molecule has 0 bridgehead atoms. The number of aliphatic hydroxyl groups is 1. The number of hydroxylamine groups is 2. The first-order valence-corrected chi connectivity index (χ1v) is 7.21. The molecule has 24 heavy (non-hydrogen) atoms. The fraction of sp³-hybridized carbons (Fsp3) is 0.462. The number of nitrogens with one attached hydrogen (secondary N) is 2. The Morgan fingerprint density at radius 3 is 3.12 bits per heavy atom. The molecule has 2 atom stereocenters. The van der Waals surface area contributed by atoms with Crippen LogP contribution in [0, 0.1) is 5.92 Å². The van der Waals surface area contributed by atoms with Crippen molar-refractivity contribution in [3.63, 3.8) is 0 Å². The third-order valence-electron chi connectivity index (χ3n) is 3.61. The number of amides is 2. The number of fused-ring (bicyclic) bond motifs is 1. The van der Waals surface area contributed by atoms with Crippen molar-refractivity contribution >= 4 is 30.0 Å². The molecule has 3 heterocycles. The van der Waals surface area contributed by atoms with Crippen LogP contribution in [0.5, 0.6) is 0 Å². The van der Waals surface area contributed by atoms with E-state index in [-0.39, 0.29) is 36.5 Å². The Morgan fingerprint density at radius 1 is 1.58 bits per heavy atom. The van der Waals surface area contributed by atoms with E-state index in [1.807, 2.05) is 0 Å². The van der Waals surface area contributed by atoms with Crippen LogP contribution in [-0.2, 0) is 19.2 Å². The quantitative estimate of drug-likeness (QED) is 0.496. The molecule has 0 saturated carbocycles. The molecule has 3 rings (SSSR count). The van der Waals surface area contributed by atoms with Crippen LogP contribution in [0.25, 0.3) is 0 Å². The van der Waals surface area contributed by atoms with E-state index in [1.165, 1.54) is 6.20 Å². The maximum Gasteiger partial charge on any atom is 0.432 e. The predicted octanol–water partition coefficient (Wildman–Crippen LogP) is -2.08. The summed E-state index contributed by atoms with van der Waals surface area (Å²) in [5.41, 5.74) is 0. The summed E-state index contributed by atoms with van der Waals surface area (Å²) in [4.78, 5) is 46.9. The molecule has 3 aliphatic rings. The van der Waals surface area contributed by atoms with E-state index in [2.05, 4.69) is 20.6 Å². The summed E-state index contributed by atoms with van der Waals surface area (Å²) in [5.74, 6) is -0.994. The lowest BCUT2D eigenvalue weighted by molar-refractivity contribution is -0.122. The number of aldehydes is 1. The Morgan fingerprint density at radius 2 is 2.42 bits per heavy atom. The van der Waals surface area contributed by atoms with Gasteiger partial charge in [-0.3, -0.25) is 9.59 Å². The van der Waals surface area contributed by atoms with E-state index >= 15 is 0 Å². The fourth-order valence-electron chi connectivity index (χ4n) is 2.36. The zero-order valence-electron chi connectivity index (χ0n) is 12.5. The summed E-state index contributed by atoms with van der Waals surface area (Å²) in [5, 5.41) is 15.9. The number of hydrogen-bond acceptors (Lipinski definition) is 9. The second-order valence-corrected chi connectivity index (χ2v) is 5.26. The van der Waals surface area contributed by atoms with Gasteiger partial charge in [-0.1, -0.05) is 0 Å².